The fourth-order valence-corrected chi connectivity index (χ4v) is 2.58. The van der Waals surface area contributed by atoms with E-state index in [0.717, 1.165) is 20.2 Å². The largest absolute Gasteiger partial charge is 0.375 e. The zero-order chi connectivity index (χ0) is 11.5. The first-order valence-electron chi connectivity index (χ1n) is 4.95. The number of rotatable bonds is 3. The average Bonchev–Trinajstić information content (AvgIpc) is 2.68. The summed E-state index contributed by atoms with van der Waals surface area (Å²) in [5.74, 6) is 0. The molecule has 0 aromatic carbocycles. The molecule has 3 nitrogen and oxygen atoms in total. The molecule has 0 amide bonds. The standard InChI is InChI=1S/C11H12BrN3S/c1-7-3-4-9(5-13-7)15-8(2)11-14-6-10(12)16-11/h3-6,8,15H,1-2H3. The van der Waals surface area contributed by atoms with E-state index in [9.17, 15) is 0 Å². The summed E-state index contributed by atoms with van der Waals surface area (Å²) in [4.78, 5) is 8.56. The van der Waals surface area contributed by atoms with E-state index in [-0.39, 0.29) is 6.04 Å². The number of hydrogen-bond acceptors (Lipinski definition) is 4. The second kappa shape index (κ2) is 4.93. The highest BCUT2D eigenvalue weighted by atomic mass is 79.9. The molecule has 5 heteroatoms. The van der Waals surface area contributed by atoms with Gasteiger partial charge in [0.15, 0.2) is 0 Å². The van der Waals surface area contributed by atoms with Crippen LogP contribution in [0.4, 0.5) is 5.69 Å². The Morgan fingerprint density at radius 1 is 1.31 bits per heavy atom. The van der Waals surface area contributed by atoms with E-state index < -0.39 is 0 Å². The van der Waals surface area contributed by atoms with Crippen molar-refractivity contribution in [2.24, 2.45) is 0 Å². The number of halogens is 1. The molecule has 0 radical (unpaired) electrons. The van der Waals surface area contributed by atoms with Crippen molar-refractivity contribution >= 4 is 33.0 Å². The third-order valence-corrected chi connectivity index (χ3v) is 3.82. The van der Waals surface area contributed by atoms with Gasteiger partial charge >= 0.3 is 0 Å². The van der Waals surface area contributed by atoms with Crippen LogP contribution < -0.4 is 5.32 Å². The van der Waals surface area contributed by atoms with Crippen molar-refractivity contribution in [3.63, 3.8) is 0 Å². The van der Waals surface area contributed by atoms with Gasteiger partial charge in [0, 0.05) is 5.69 Å². The Bertz CT molecular complexity index is 466. The van der Waals surface area contributed by atoms with Gasteiger partial charge in [-0.15, -0.1) is 11.3 Å². The molecular weight excluding hydrogens is 286 g/mol. The number of hydrogen-bond donors (Lipinski definition) is 1. The van der Waals surface area contributed by atoms with Gasteiger partial charge in [0.2, 0.25) is 0 Å². The van der Waals surface area contributed by atoms with Gasteiger partial charge in [-0.2, -0.15) is 0 Å². The van der Waals surface area contributed by atoms with Crippen molar-refractivity contribution in [3.05, 3.63) is 39.0 Å². The van der Waals surface area contributed by atoms with E-state index in [1.165, 1.54) is 0 Å². The van der Waals surface area contributed by atoms with Crippen LogP contribution in [0.5, 0.6) is 0 Å². The van der Waals surface area contributed by atoms with Crippen LogP contribution in [0, 0.1) is 6.92 Å². The average molecular weight is 298 g/mol. The van der Waals surface area contributed by atoms with Crippen molar-refractivity contribution in [2.75, 3.05) is 5.32 Å². The molecule has 2 heterocycles. The van der Waals surface area contributed by atoms with Gasteiger partial charge in [-0.3, -0.25) is 4.98 Å². The van der Waals surface area contributed by atoms with Gasteiger partial charge in [0.1, 0.15) is 5.01 Å². The molecule has 2 aromatic heterocycles. The maximum atomic E-state index is 4.32. The summed E-state index contributed by atoms with van der Waals surface area (Å²) in [5, 5.41) is 4.43. The maximum Gasteiger partial charge on any atom is 0.116 e. The topological polar surface area (TPSA) is 37.8 Å². The predicted molar refractivity (Wildman–Crippen MR) is 70.8 cm³/mol. The van der Waals surface area contributed by atoms with Crippen molar-refractivity contribution in [2.45, 2.75) is 19.9 Å². The minimum Gasteiger partial charge on any atom is -0.375 e. The first kappa shape index (κ1) is 11.5. The van der Waals surface area contributed by atoms with Gasteiger partial charge in [0.25, 0.3) is 0 Å². The SMILES string of the molecule is Cc1ccc(NC(C)c2ncc(Br)s2)cn1. The van der Waals surface area contributed by atoms with Crippen LogP contribution >= 0.6 is 27.3 Å². The zero-order valence-corrected chi connectivity index (χ0v) is 11.5. The lowest BCUT2D eigenvalue weighted by atomic mass is 10.3. The Morgan fingerprint density at radius 2 is 2.12 bits per heavy atom. The van der Waals surface area contributed by atoms with E-state index in [1.807, 2.05) is 31.5 Å². The number of aromatic nitrogens is 2. The van der Waals surface area contributed by atoms with Gasteiger partial charge in [-0.1, -0.05) is 0 Å². The van der Waals surface area contributed by atoms with E-state index >= 15 is 0 Å². The van der Waals surface area contributed by atoms with Crippen LogP contribution in [0.1, 0.15) is 23.7 Å². The molecule has 0 fully saturated rings. The van der Waals surface area contributed by atoms with Crippen molar-refractivity contribution in [1.29, 1.82) is 0 Å². The van der Waals surface area contributed by atoms with Gasteiger partial charge in [-0.25, -0.2) is 4.98 Å². The molecular formula is C11H12BrN3S. The van der Waals surface area contributed by atoms with Crippen molar-refractivity contribution in [3.8, 4) is 0 Å². The molecule has 1 atom stereocenters. The molecule has 1 N–H and O–H groups in total. The Morgan fingerprint density at radius 3 is 2.69 bits per heavy atom. The molecule has 84 valence electrons. The minimum absolute atomic E-state index is 0.195. The third kappa shape index (κ3) is 2.80. The number of aryl methyl sites for hydroxylation is 1. The maximum absolute atomic E-state index is 4.32. The van der Waals surface area contributed by atoms with Gasteiger partial charge in [-0.05, 0) is 41.9 Å². The lowest BCUT2D eigenvalue weighted by Crippen LogP contribution is -2.06. The van der Waals surface area contributed by atoms with Gasteiger partial charge in [0.05, 0.1) is 27.9 Å². The number of nitrogens with one attached hydrogen (secondary N) is 1. The molecule has 0 saturated heterocycles. The van der Waals surface area contributed by atoms with Crippen LogP contribution in [0.15, 0.2) is 28.3 Å². The molecule has 2 rings (SSSR count). The highest BCUT2D eigenvalue weighted by molar-refractivity contribution is 9.11. The van der Waals surface area contributed by atoms with Crippen LogP contribution in [0.2, 0.25) is 0 Å². The normalized spacial score (nSPS) is 12.4. The van der Waals surface area contributed by atoms with E-state index in [4.69, 9.17) is 0 Å². The second-order valence-corrected chi connectivity index (χ2v) is 6.00. The lowest BCUT2D eigenvalue weighted by molar-refractivity contribution is 0.867. The highest BCUT2D eigenvalue weighted by Crippen LogP contribution is 2.26. The quantitative estimate of drug-likeness (QED) is 0.937. The minimum atomic E-state index is 0.195. The Kier molecular flexibility index (Phi) is 3.56. The third-order valence-electron chi connectivity index (χ3n) is 2.16. The summed E-state index contributed by atoms with van der Waals surface area (Å²) >= 11 is 5.05. The molecule has 0 aliphatic heterocycles. The summed E-state index contributed by atoms with van der Waals surface area (Å²) in [5.41, 5.74) is 2.04. The van der Waals surface area contributed by atoms with Gasteiger partial charge < -0.3 is 5.32 Å². The summed E-state index contributed by atoms with van der Waals surface area (Å²) in [6.45, 7) is 4.07. The monoisotopic (exact) mass is 297 g/mol. The number of anilines is 1. The molecule has 0 saturated carbocycles. The lowest BCUT2D eigenvalue weighted by Gasteiger charge is -2.12. The predicted octanol–water partition coefficient (Wildman–Crippen LogP) is 3.78. The summed E-state index contributed by atoms with van der Waals surface area (Å²) < 4.78 is 1.05. The molecule has 0 spiro atoms. The fourth-order valence-electron chi connectivity index (χ4n) is 1.33. The molecule has 16 heavy (non-hydrogen) atoms. The Hall–Kier alpha value is -0.940. The van der Waals surface area contributed by atoms with Crippen molar-refractivity contribution in [1.82, 2.24) is 9.97 Å². The van der Waals surface area contributed by atoms with Crippen molar-refractivity contribution < 1.29 is 0 Å². The molecule has 0 bridgehead atoms. The number of thiazole rings is 1. The van der Waals surface area contributed by atoms with E-state index in [0.29, 0.717) is 0 Å². The van der Waals surface area contributed by atoms with E-state index in [1.54, 1.807) is 11.3 Å². The highest BCUT2D eigenvalue weighted by Gasteiger charge is 2.09. The number of pyridine rings is 1. The van der Waals surface area contributed by atoms with E-state index in [2.05, 4.69) is 38.1 Å². The Balaban J connectivity index is 2.07. The van der Waals surface area contributed by atoms with Crippen LogP contribution in [0.25, 0.3) is 0 Å². The molecule has 0 aliphatic carbocycles. The second-order valence-electron chi connectivity index (χ2n) is 3.56. The molecule has 2 aromatic rings. The summed E-state index contributed by atoms with van der Waals surface area (Å²) in [7, 11) is 0. The first-order chi connectivity index (χ1) is 7.65. The zero-order valence-electron chi connectivity index (χ0n) is 9.07. The Labute approximate surface area is 107 Å². The van der Waals surface area contributed by atoms with Crippen LogP contribution in [0.3, 0.4) is 0 Å². The molecule has 0 aliphatic rings. The first-order valence-corrected chi connectivity index (χ1v) is 6.56. The number of nitrogens with zero attached hydrogens (tertiary/aromatic N) is 2. The summed E-state index contributed by atoms with van der Waals surface area (Å²) in [6.07, 6.45) is 3.67. The fraction of sp³-hybridized carbons (Fsp3) is 0.273. The summed E-state index contributed by atoms with van der Waals surface area (Å²) in [6, 6.07) is 4.22. The van der Waals surface area contributed by atoms with Crippen LogP contribution in [-0.2, 0) is 0 Å². The molecule has 1 unspecified atom stereocenters. The smallest absolute Gasteiger partial charge is 0.116 e. The van der Waals surface area contributed by atoms with Crippen LogP contribution in [-0.4, -0.2) is 9.97 Å².